The maximum absolute atomic E-state index is 13.0. The first kappa shape index (κ1) is 23.1. The summed E-state index contributed by atoms with van der Waals surface area (Å²) in [5.74, 6) is -0.172. The molecule has 0 aliphatic carbocycles. The second kappa shape index (κ2) is 10.3. The van der Waals surface area contributed by atoms with E-state index < -0.39 is 0 Å². The molecular formula is C24H25Cl3N4O. The summed E-state index contributed by atoms with van der Waals surface area (Å²) in [5.41, 5.74) is 3.19. The highest BCUT2D eigenvalue weighted by Crippen LogP contribution is 2.24. The molecule has 0 bridgehead atoms. The Morgan fingerprint density at radius 3 is 2.41 bits per heavy atom. The number of aromatic nitrogens is 2. The zero-order chi connectivity index (χ0) is 22.7. The van der Waals surface area contributed by atoms with Crippen LogP contribution >= 0.6 is 34.8 Å². The quantitative estimate of drug-likeness (QED) is 0.489. The number of hydrogen-bond donors (Lipinski definition) is 1. The van der Waals surface area contributed by atoms with Gasteiger partial charge in [0.05, 0.1) is 17.8 Å². The summed E-state index contributed by atoms with van der Waals surface area (Å²) < 4.78 is 1.63. The molecule has 0 spiro atoms. The van der Waals surface area contributed by atoms with Crippen LogP contribution in [0.3, 0.4) is 0 Å². The van der Waals surface area contributed by atoms with Gasteiger partial charge in [0.2, 0.25) is 0 Å². The monoisotopic (exact) mass is 490 g/mol. The Labute approximate surface area is 203 Å². The van der Waals surface area contributed by atoms with Gasteiger partial charge in [0, 0.05) is 35.7 Å². The number of nitrogens with one attached hydrogen (secondary N) is 1. The van der Waals surface area contributed by atoms with Crippen molar-refractivity contribution >= 4 is 40.7 Å². The predicted molar refractivity (Wildman–Crippen MR) is 130 cm³/mol. The molecule has 1 fully saturated rings. The molecule has 5 nitrogen and oxygen atoms in total. The molecule has 1 amide bonds. The molecule has 0 saturated carbocycles. The van der Waals surface area contributed by atoms with Crippen LogP contribution in [0.2, 0.25) is 15.2 Å². The van der Waals surface area contributed by atoms with Crippen molar-refractivity contribution in [3.05, 3.63) is 86.1 Å². The highest BCUT2D eigenvalue weighted by molar-refractivity contribution is 6.33. The minimum atomic E-state index is -0.172. The van der Waals surface area contributed by atoms with Gasteiger partial charge in [0.25, 0.3) is 5.91 Å². The summed E-state index contributed by atoms with van der Waals surface area (Å²) in [5, 5.41) is 9.35. The fourth-order valence-corrected chi connectivity index (χ4v) is 4.69. The molecule has 0 atom stereocenters. The molecule has 0 radical (unpaired) electrons. The number of likely N-dealkylation sites (tertiary alicyclic amines) is 1. The Hall–Kier alpha value is -2.05. The predicted octanol–water partition coefficient (Wildman–Crippen LogP) is 5.59. The largest absolute Gasteiger partial charge is 0.349 e. The van der Waals surface area contributed by atoms with E-state index in [9.17, 15) is 4.79 Å². The second-order valence-corrected chi connectivity index (χ2v) is 9.35. The van der Waals surface area contributed by atoms with Gasteiger partial charge in [-0.05, 0) is 49.1 Å². The van der Waals surface area contributed by atoms with Crippen LogP contribution in [0.25, 0.3) is 0 Å². The van der Waals surface area contributed by atoms with Gasteiger partial charge in [-0.3, -0.25) is 9.69 Å². The highest BCUT2D eigenvalue weighted by Gasteiger charge is 2.25. The first-order valence-electron chi connectivity index (χ1n) is 10.6. The summed E-state index contributed by atoms with van der Waals surface area (Å²) in [7, 11) is 0. The average molecular weight is 492 g/mol. The summed E-state index contributed by atoms with van der Waals surface area (Å²) in [6, 6.07) is 15.6. The van der Waals surface area contributed by atoms with E-state index in [4.69, 9.17) is 34.8 Å². The SMILES string of the molecule is Cc1nn(Cc2ccccc2Cl)c(Cl)c1C(=O)NC1CCN(Cc2ccc(Cl)cc2)CC1. The first-order chi connectivity index (χ1) is 15.4. The average Bonchev–Trinajstić information content (AvgIpc) is 3.05. The van der Waals surface area contributed by atoms with Crippen molar-refractivity contribution in [2.45, 2.75) is 38.9 Å². The second-order valence-electron chi connectivity index (χ2n) is 8.15. The Kier molecular flexibility index (Phi) is 7.41. The van der Waals surface area contributed by atoms with Crippen molar-refractivity contribution in [1.29, 1.82) is 0 Å². The Balaban J connectivity index is 1.35. The lowest BCUT2D eigenvalue weighted by Gasteiger charge is -2.32. The van der Waals surface area contributed by atoms with Crippen LogP contribution in [0.1, 0.15) is 40.0 Å². The van der Waals surface area contributed by atoms with Gasteiger partial charge in [-0.2, -0.15) is 5.10 Å². The highest BCUT2D eigenvalue weighted by atomic mass is 35.5. The van der Waals surface area contributed by atoms with Crippen molar-refractivity contribution in [3.8, 4) is 0 Å². The number of halogens is 3. The van der Waals surface area contributed by atoms with Crippen LogP contribution in [0.4, 0.5) is 0 Å². The molecule has 1 N–H and O–H groups in total. The van der Waals surface area contributed by atoms with Crippen molar-refractivity contribution in [2.24, 2.45) is 0 Å². The number of hydrogen-bond acceptors (Lipinski definition) is 3. The van der Waals surface area contributed by atoms with Crippen molar-refractivity contribution in [2.75, 3.05) is 13.1 Å². The Morgan fingerprint density at radius 1 is 1.03 bits per heavy atom. The number of amides is 1. The van der Waals surface area contributed by atoms with E-state index in [2.05, 4.69) is 27.4 Å². The molecule has 2 heterocycles. The zero-order valence-corrected chi connectivity index (χ0v) is 20.1. The molecule has 8 heteroatoms. The Bertz CT molecular complexity index is 1090. The minimum Gasteiger partial charge on any atom is -0.349 e. The maximum Gasteiger partial charge on any atom is 0.256 e. The molecule has 0 unspecified atom stereocenters. The lowest BCUT2D eigenvalue weighted by molar-refractivity contribution is 0.0908. The van der Waals surface area contributed by atoms with Crippen molar-refractivity contribution < 1.29 is 4.79 Å². The zero-order valence-electron chi connectivity index (χ0n) is 17.8. The van der Waals surface area contributed by atoms with Crippen molar-refractivity contribution in [3.63, 3.8) is 0 Å². The van der Waals surface area contributed by atoms with Gasteiger partial charge in [-0.1, -0.05) is 65.1 Å². The van der Waals surface area contributed by atoms with E-state index in [1.165, 1.54) is 5.56 Å². The molecule has 1 aromatic heterocycles. The Morgan fingerprint density at radius 2 is 1.72 bits per heavy atom. The molecular weight excluding hydrogens is 467 g/mol. The van der Waals surface area contributed by atoms with Crippen molar-refractivity contribution in [1.82, 2.24) is 20.0 Å². The summed E-state index contributed by atoms with van der Waals surface area (Å²) in [6.07, 6.45) is 1.79. The van der Waals surface area contributed by atoms with E-state index in [-0.39, 0.29) is 11.9 Å². The third-order valence-corrected chi connectivity index (χ3v) is 6.82. The van der Waals surface area contributed by atoms with Crippen LogP contribution in [-0.2, 0) is 13.1 Å². The first-order valence-corrected chi connectivity index (χ1v) is 11.8. The van der Waals surface area contributed by atoms with Gasteiger partial charge in [-0.25, -0.2) is 4.68 Å². The molecule has 32 heavy (non-hydrogen) atoms. The fourth-order valence-electron chi connectivity index (χ4n) is 4.05. The van der Waals surface area contributed by atoms with Gasteiger partial charge in [-0.15, -0.1) is 0 Å². The lowest BCUT2D eigenvalue weighted by Crippen LogP contribution is -2.44. The van der Waals surface area contributed by atoms with E-state index in [1.807, 2.05) is 36.4 Å². The smallest absolute Gasteiger partial charge is 0.256 e. The van der Waals surface area contributed by atoms with Gasteiger partial charge in [0.15, 0.2) is 0 Å². The maximum atomic E-state index is 13.0. The summed E-state index contributed by atoms with van der Waals surface area (Å²) in [6.45, 7) is 4.95. The standard InChI is InChI=1S/C24H25Cl3N4O/c1-16-22(23(27)31(29-16)15-18-4-2-3-5-21(18)26)24(32)28-20-10-12-30(13-11-20)14-17-6-8-19(25)9-7-17/h2-9,20H,10-15H2,1H3,(H,28,32). The topological polar surface area (TPSA) is 50.2 Å². The third-order valence-electron chi connectivity index (χ3n) is 5.81. The van der Waals surface area contributed by atoms with E-state index in [0.717, 1.165) is 43.1 Å². The van der Waals surface area contributed by atoms with E-state index in [1.54, 1.807) is 11.6 Å². The van der Waals surface area contributed by atoms with Gasteiger partial charge < -0.3 is 5.32 Å². The van der Waals surface area contributed by atoms with Crippen LogP contribution in [-0.4, -0.2) is 39.7 Å². The van der Waals surface area contributed by atoms with Crippen LogP contribution in [0.5, 0.6) is 0 Å². The van der Waals surface area contributed by atoms with Gasteiger partial charge in [0.1, 0.15) is 5.15 Å². The number of rotatable bonds is 6. The molecule has 2 aromatic carbocycles. The molecule has 168 valence electrons. The number of benzene rings is 2. The third kappa shape index (κ3) is 5.46. The molecule has 1 aliphatic rings. The molecule has 4 rings (SSSR count). The number of piperidine rings is 1. The van der Waals surface area contributed by atoms with Crippen LogP contribution in [0, 0.1) is 6.92 Å². The van der Waals surface area contributed by atoms with Crippen LogP contribution < -0.4 is 5.32 Å². The number of aryl methyl sites for hydroxylation is 1. The lowest BCUT2D eigenvalue weighted by atomic mass is 10.0. The molecule has 1 saturated heterocycles. The van der Waals surface area contributed by atoms with E-state index >= 15 is 0 Å². The molecule has 3 aromatic rings. The summed E-state index contributed by atoms with van der Waals surface area (Å²) in [4.78, 5) is 15.4. The van der Waals surface area contributed by atoms with Crippen LogP contribution in [0.15, 0.2) is 48.5 Å². The molecule has 1 aliphatic heterocycles. The number of carbonyl (C=O) groups is 1. The normalized spacial score (nSPS) is 15.1. The minimum absolute atomic E-state index is 0.117. The fraction of sp³-hybridized carbons (Fsp3) is 0.333. The number of nitrogens with zero attached hydrogens (tertiary/aromatic N) is 3. The summed E-state index contributed by atoms with van der Waals surface area (Å²) >= 11 is 18.8. The van der Waals surface area contributed by atoms with E-state index in [0.29, 0.717) is 28.0 Å². The number of carbonyl (C=O) groups excluding carboxylic acids is 1. The van der Waals surface area contributed by atoms with Gasteiger partial charge >= 0.3 is 0 Å².